The Hall–Kier alpha value is -2.86. The molecule has 0 saturated carbocycles. The van der Waals surface area contributed by atoms with Crippen LogP contribution >= 0.6 is 0 Å². The number of aromatic hydroxyl groups is 1. The standard InChI is InChI=1S/C22H24N2O4/c25-18-13-17(24-21(14-18)28-15-19-7-1-2-11-26-19)9-12-27-20-8-3-5-16-6-4-10-23-22(16)20/h3-6,8,10,13-14,19H,1-2,7,9,11-12,15H2,(H,24,25). The van der Waals surface area contributed by atoms with Crippen LogP contribution in [0.2, 0.25) is 0 Å². The minimum atomic E-state index is 0.101. The van der Waals surface area contributed by atoms with Crippen molar-refractivity contribution in [3.8, 4) is 17.4 Å². The summed E-state index contributed by atoms with van der Waals surface area (Å²) in [5.74, 6) is 1.29. The van der Waals surface area contributed by atoms with Crippen LogP contribution in [0.1, 0.15) is 25.0 Å². The first-order valence-electron chi connectivity index (χ1n) is 9.69. The van der Waals surface area contributed by atoms with E-state index >= 15 is 0 Å². The molecule has 146 valence electrons. The van der Waals surface area contributed by atoms with E-state index in [0.717, 1.165) is 42.5 Å². The molecular weight excluding hydrogens is 356 g/mol. The summed E-state index contributed by atoms with van der Waals surface area (Å²) in [5, 5.41) is 11.0. The molecule has 3 aromatic rings. The van der Waals surface area contributed by atoms with Gasteiger partial charge in [0, 0.05) is 36.7 Å². The Balaban J connectivity index is 1.35. The average Bonchev–Trinajstić information content (AvgIpc) is 2.73. The van der Waals surface area contributed by atoms with Gasteiger partial charge in [0.15, 0.2) is 0 Å². The average molecular weight is 380 g/mol. The molecule has 0 radical (unpaired) electrons. The zero-order valence-corrected chi connectivity index (χ0v) is 15.7. The Bertz CT molecular complexity index is 920. The van der Waals surface area contributed by atoms with E-state index in [1.165, 1.54) is 6.07 Å². The van der Waals surface area contributed by atoms with Crippen LogP contribution in [0.4, 0.5) is 0 Å². The Kier molecular flexibility index (Phi) is 5.87. The van der Waals surface area contributed by atoms with Gasteiger partial charge in [0.25, 0.3) is 0 Å². The number of aromatic nitrogens is 2. The topological polar surface area (TPSA) is 73.7 Å². The predicted octanol–water partition coefficient (Wildman–Crippen LogP) is 3.90. The maximum Gasteiger partial charge on any atom is 0.217 e. The van der Waals surface area contributed by atoms with E-state index < -0.39 is 0 Å². The Morgan fingerprint density at radius 2 is 2.04 bits per heavy atom. The highest BCUT2D eigenvalue weighted by molar-refractivity contribution is 5.84. The fourth-order valence-corrected chi connectivity index (χ4v) is 3.32. The van der Waals surface area contributed by atoms with Crippen molar-refractivity contribution in [1.29, 1.82) is 0 Å². The molecule has 0 bridgehead atoms. The molecular formula is C22H24N2O4. The van der Waals surface area contributed by atoms with Gasteiger partial charge in [0.05, 0.1) is 18.4 Å². The maximum atomic E-state index is 9.99. The molecule has 1 saturated heterocycles. The number of para-hydroxylation sites is 1. The van der Waals surface area contributed by atoms with Gasteiger partial charge in [-0.05, 0) is 31.4 Å². The van der Waals surface area contributed by atoms with E-state index in [4.69, 9.17) is 14.2 Å². The smallest absolute Gasteiger partial charge is 0.217 e. The summed E-state index contributed by atoms with van der Waals surface area (Å²) in [5.41, 5.74) is 1.55. The first kappa shape index (κ1) is 18.5. The molecule has 1 N–H and O–H groups in total. The summed E-state index contributed by atoms with van der Waals surface area (Å²) >= 11 is 0. The Morgan fingerprint density at radius 3 is 2.93 bits per heavy atom. The normalized spacial score (nSPS) is 16.8. The lowest BCUT2D eigenvalue weighted by Gasteiger charge is -2.22. The summed E-state index contributed by atoms with van der Waals surface area (Å²) < 4.78 is 17.3. The molecule has 1 aromatic carbocycles. The third-order valence-corrected chi connectivity index (χ3v) is 4.74. The number of pyridine rings is 2. The lowest BCUT2D eigenvalue weighted by Crippen LogP contribution is -2.26. The Morgan fingerprint density at radius 1 is 1.11 bits per heavy atom. The fourth-order valence-electron chi connectivity index (χ4n) is 3.32. The first-order valence-corrected chi connectivity index (χ1v) is 9.69. The van der Waals surface area contributed by atoms with Gasteiger partial charge in [-0.15, -0.1) is 0 Å². The van der Waals surface area contributed by atoms with E-state index in [1.54, 1.807) is 12.3 Å². The van der Waals surface area contributed by atoms with Crippen molar-refractivity contribution in [2.75, 3.05) is 19.8 Å². The van der Waals surface area contributed by atoms with Crippen LogP contribution in [0.5, 0.6) is 17.4 Å². The van der Waals surface area contributed by atoms with Gasteiger partial charge in [-0.1, -0.05) is 18.2 Å². The molecule has 4 rings (SSSR count). The van der Waals surface area contributed by atoms with Crippen LogP contribution in [-0.2, 0) is 11.2 Å². The molecule has 0 spiro atoms. The summed E-state index contributed by atoms with van der Waals surface area (Å²) in [7, 11) is 0. The van der Waals surface area contributed by atoms with Gasteiger partial charge < -0.3 is 19.3 Å². The molecule has 1 fully saturated rings. The summed E-state index contributed by atoms with van der Waals surface area (Å²) in [4.78, 5) is 8.87. The summed E-state index contributed by atoms with van der Waals surface area (Å²) in [6.45, 7) is 1.67. The van der Waals surface area contributed by atoms with E-state index in [1.807, 2.05) is 30.3 Å². The monoisotopic (exact) mass is 380 g/mol. The van der Waals surface area contributed by atoms with E-state index in [2.05, 4.69) is 9.97 Å². The number of nitrogens with zero attached hydrogens (tertiary/aromatic N) is 2. The van der Waals surface area contributed by atoms with Gasteiger partial charge in [-0.25, -0.2) is 4.98 Å². The van der Waals surface area contributed by atoms with Gasteiger partial charge >= 0.3 is 0 Å². The number of benzene rings is 1. The molecule has 3 heterocycles. The van der Waals surface area contributed by atoms with Gasteiger partial charge in [0.2, 0.25) is 5.88 Å². The van der Waals surface area contributed by atoms with Crippen molar-refractivity contribution in [2.45, 2.75) is 31.8 Å². The van der Waals surface area contributed by atoms with Crippen molar-refractivity contribution in [1.82, 2.24) is 9.97 Å². The second-order valence-corrected chi connectivity index (χ2v) is 6.88. The molecule has 2 aromatic heterocycles. The number of rotatable bonds is 7. The van der Waals surface area contributed by atoms with Crippen LogP contribution in [-0.4, -0.2) is 41.0 Å². The van der Waals surface area contributed by atoms with Gasteiger partial charge in [-0.3, -0.25) is 4.98 Å². The predicted molar refractivity (Wildman–Crippen MR) is 106 cm³/mol. The van der Waals surface area contributed by atoms with E-state index in [-0.39, 0.29) is 11.9 Å². The lowest BCUT2D eigenvalue weighted by molar-refractivity contribution is -0.0120. The minimum Gasteiger partial charge on any atom is -0.508 e. The number of ether oxygens (including phenoxy) is 3. The van der Waals surface area contributed by atoms with Crippen molar-refractivity contribution in [2.24, 2.45) is 0 Å². The van der Waals surface area contributed by atoms with Crippen molar-refractivity contribution < 1.29 is 19.3 Å². The highest BCUT2D eigenvalue weighted by Crippen LogP contribution is 2.24. The highest BCUT2D eigenvalue weighted by Gasteiger charge is 2.15. The SMILES string of the molecule is Oc1cc(CCOc2cccc3cccnc23)nc(OCC2CCCCO2)c1. The fraction of sp³-hybridized carbons (Fsp3) is 0.364. The lowest BCUT2D eigenvalue weighted by atomic mass is 10.1. The maximum absolute atomic E-state index is 9.99. The van der Waals surface area contributed by atoms with E-state index in [0.29, 0.717) is 31.2 Å². The molecule has 28 heavy (non-hydrogen) atoms. The zero-order chi connectivity index (χ0) is 19.2. The second-order valence-electron chi connectivity index (χ2n) is 6.88. The Labute approximate surface area is 164 Å². The molecule has 0 amide bonds. The largest absolute Gasteiger partial charge is 0.508 e. The van der Waals surface area contributed by atoms with E-state index in [9.17, 15) is 5.11 Å². The second kappa shape index (κ2) is 8.89. The third kappa shape index (κ3) is 4.70. The van der Waals surface area contributed by atoms with Crippen molar-refractivity contribution in [3.05, 3.63) is 54.4 Å². The van der Waals surface area contributed by atoms with Gasteiger partial charge in [0.1, 0.15) is 23.6 Å². The van der Waals surface area contributed by atoms with Crippen LogP contribution in [0, 0.1) is 0 Å². The number of hydrogen-bond donors (Lipinski definition) is 1. The third-order valence-electron chi connectivity index (χ3n) is 4.74. The minimum absolute atomic E-state index is 0.101. The molecule has 1 aliphatic rings. The van der Waals surface area contributed by atoms with Crippen molar-refractivity contribution >= 4 is 10.9 Å². The molecule has 0 aliphatic carbocycles. The van der Waals surface area contributed by atoms with Crippen LogP contribution in [0.15, 0.2) is 48.7 Å². The molecule has 1 atom stereocenters. The summed E-state index contributed by atoms with van der Waals surface area (Å²) in [6.07, 6.45) is 5.67. The molecule has 6 heteroatoms. The summed E-state index contributed by atoms with van der Waals surface area (Å²) in [6, 6.07) is 12.9. The van der Waals surface area contributed by atoms with Crippen LogP contribution in [0.3, 0.4) is 0 Å². The van der Waals surface area contributed by atoms with Crippen molar-refractivity contribution in [3.63, 3.8) is 0 Å². The van der Waals surface area contributed by atoms with Crippen LogP contribution < -0.4 is 9.47 Å². The van der Waals surface area contributed by atoms with Crippen LogP contribution in [0.25, 0.3) is 10.9 Å². The number of fused-ring (bicyclic) bond motifs is 1. The zero-order valence-electron chi connectivity index (χ0n) is 15.7. The molecule has 1 unspecified atom stereocenters. The van der Waals surface area contributed by atoms with Gasteiger partial charge in [-0.2, -0.15) is 0 Å². The molecule has 6 nitrogen and oxygen atoms in total. The molecule has 1 aliphatic heterocycles. The number of hydrogen-bond acceptors (Lipinski definition) is 6. The highest BCUT2D eigenvalue weighted by atomic mass is 16.5. The first-order chi connectivity index (χ1) is 13.8. The quantitative estimate of drug-likeness (QED) is 0.670.